The highest BCUT2D eigenvalue weighted by Crippen LogP contribution is 2.32. The Morgan fingerprint density at radius 1 is 0.824 bits per heavy atom. The standard InChI is InChI=1S/C26H26N2O.2C2H6.CH4/c1-18-9-7-13-21(16-15-18)25-24(20-11-5-3-4-6-12-20)27-26(28-25)22-17-19(2)10-8-14-23(22)29;2*1-2;/h3-5,7-9,11-14,16-17,29H,6,10,15H2,1-2H3,(H,27,28);2*1-2H3;1H4. The van der Waals surface area contributed by atoms with Gasteiger partial charge in [0.05, 0.1) is 17.0 Å². The van der Waals surface area contributed by atoms with Crippen molar-refractivity contribution in [3.05, 3.63) is 107 Å². The number of hydrogen-bond donors (Lipinski definition) is 2. The molecule has 3 nitrogen and oxygen atoms in total. The first-order valence-corrected chi connectivity index (χ1v) is 12.1. The summed E-state index contributed by atoms with van der Waals surface area (Å²) in [5.74, 6) is 0.928. The van der Waals surface area contributed by atoms with Gasteiger partial charge in [0, 0.05) is 0 Å². The highest BCUT2D eigenvalue weighted by Gasteiger charge is 2.19. The third-order valence-corrected chi connectivity index (χ3v) is 5.20. The summed E-state index contributed by atoms with van der Waals surface area (Å²) in [6.07, 6.45) is 27.5. The monoisotopic (exact) mass is 458 g/mol. The molecule has 34 heavy (non-hydrogen) atoms. The van der Waals surface area contributed by atoms with Gasteiger partial charge in [-0.3, -0.25) is 0 Å². The van der Waals surface area contributed by atoms with E-state index < -0.39 is 0 Å². The number of nitrogens with one attached hydrogen (secondary N) is 1. The third kappa shape index (κ3) is 7.34. The minimum Gasteiger partial charge on any atom is -0.507 e. The van der Waals surface area contributed by atoms with E-state index in [-0.39, 0.29) is 13.2 Å². The second-order valence-corrected chi connectivity index (χ2v) is 7.62. The fraction of sp³-hybridized carbons (Fsp3) is 0.323. The number of aliphatic hydroxyl groups is 1. The van der Waals surface area contributed by atoms with Gasteiger partial charge >= 0.3 is 0 Å². The number of imidazole rings is 1. The molecule has 0 amide bonds. The number of aromatic amines is 1. The van der Waals surface area contributed by atoms with Gasteiger partial charge in [-0.05, 0) is 56.4 Å². The number of H-pyrrole nitrogens is 1. The molecule has 0 saturated heterocycles. The molecule has 0 unspecified atom stereocenters. The van der Waals surface area contributed by atoms with Crippen LogP contribution < -0.4 is 0 Å². The molecule has 3 heteroatoms. The minimum atomic E-state index is 0. The Morgan fingerprint density at radius 2 is 1.56 bits per heavy atom. The van der Waals surface area contributed by atoms with Crippen LogP contribution in [0.3, 0.4) is 0 Å². The molecule has 3 aliphatic carbocycles. The van der Waals surface area contributed by atoms with Crippen molar-refractivity contribution in [2.75, 3.05) is 0 Å². The molecule has 182 valence electrons. The van der Waals surface area contributed by atoms with Crippen molar-refractivity contribution >= 4 is 16.7 Å². The van der Waals surface area contributed by atoms with E-state index in [1.54, 1.807) is 6.08 Å². The van der Waals surface area contributed by atoms with Crippen LogP contribution in [0.15, 0.2) is 89.8 Å². The van der Waals surface area contributed by atoms with Crippen LogP contribution in [0.2, 0.25) is 0 Å². The van der Waals surface area contributed by atoms with E-state index in [1.807, 2.05) is 39.8 Å². The van der Waals surface area contributed by atoms with Crippen LogP contribution in [0.5, 0.6) is 0 Å². The van der Waals surface area contributed by atoms with Gasteiger partial charge in [-0.15, -0.1) is 0 Å². The van der Waals surface area contributed by atoms with Gasteiger partial charge in [-0.1, -0.05) is 107 Å². The lowest BCUT2D eigenvalue weighted by atomic mass is 10.0. The quantitative estimate of drug-likeness (QED) is 0.474. The van der Waals surface area contributed by atoms with Crippen LogP contribution in [0, 0.1) is 0 Å². The van der Waals surface area contributed by atoms with Crippen LogP contribution >= 0.6 is 0 Å². The van der Waals surface area contributed by atoms with Crippen LogP contribution in [0.1, 0.15) is 85.4 Å². The fourth-order valence-corrected chi connectivity index (χ4v) is 3.60. The first-order valence-electron chi connectivity index (χ1n) is 12.1. The van der Waals surface area contributed by atoms with E-state index in [0.29, 0.717) is 5.82 Å². The lowest BCUT2D eigenvalue weighted by molar-refractivity contribution is 0.435. The molecule has 0 radical (unpaired) electrons. The maximum atomic E-state index is 10.6. The summed E-state index contributed by atoms with van der Waals surface area (Å²) in [4.78, 5) is 8.47. The summed E-state index contributed by atoms with van der Waals surface area (Å²) in [6, 6.07) is 0. The Balaban J connectivity index is 0.00000110. The molecule has 3 aliphatic rings. The third-order valence-electron chi connectivity index (χ3n) is 5.20. The number of hydrogen-bond acceptors (Lipinski definition) is 2. The van der Waals surface area contributed by atoms with Crippen LogP contribution in [0.4, 0.5) is 0 Å². The zero-order valence-corrected chi connectivity index (χ0v) is 20.9. The molecule has 0 aliphatic heterocycles. The van der Waals surface area contributed by atoms with E-state index >= 15 is 0 Å². The first kappa shape index (κ1) is 28.7. The smallest absolute Gasteiger partial charge is 0.142 e. The zero-order valence-electron chi connectivity index (χ0n) is 20.9. The summed E-state index contributed by atoms with van der Waals surface area (Å²) in [7, 11) is 0. The molecule has 1 heterocycles. The molecule has 0 atom stereocenters. The lowest BCUT2D eigenvalue weighted by Crippen LogP contribution is -1.90. The van der Waals surface area contributed by atoms with Crippen LogP contribution in [0.25, 0.3) is 16.7 Å². The minimum absolute atomic E-state index is 0. The van der Waals surface area contributed by atoms with Gasteiger partial charge in [0.1, 0.15) is 11.6 Å². The predicted molar refractivity (Wildman–Crippen MR) is 151 cm³/mol. The maximum Gasteiger partial charge on any atom is 0.142 e. The Bertz CT molecular complexity index is 1090. The van der Waals surface area contributed by atoms with Crippen LogP contribution in [-0.4, -0.2) is 15.1 Å². The molecule has 0 fully saturated rings. The topological polar surface area (TPSA) is 48.9 Å². The molecule has 1 aromatic rings. The van der Waals surface area contributed by atoms with Gasteiger partial charge in [0.25, 0.3) is 0 Å². The average Bonchev–Trinajstić information content (AvgIpc) is 3.01. The normalized spacial score (nSPS) is 16.8. The number of aliphatic hydroxyl groups excluding tert-OH is 1. The van der Waals surface area contributed by atoms with Crippen molar-refractivity contribution in [2.45, 2.75) is 68.2 Å². The summed E-state index contributed by atoms with van der Waals surface area (Å²) >= 11 is 0. The Morgan fingerprint density at radius 3 is 2.32 bits per heavy atom. The predicted octanol–water partition coefficient (Wildman–Crippen LogP) is 9.46. The second-order valence-electron chi connectivity index (χ2n) is 7.62. The second kappa shape index (κ2) is 14.7. The fourth-order valence-electron chi connectivity index (χ4n) is 3.60. The largest absolute Gasteiger partial charge is 0.507 e. The highest BCUT2D eigenvalue weighted by atomic mass is 16.3. The molecule has 0 bridgehead atoms. The van der Waals surface area contributed by atoms with E-state index in [1.165, 1.54) is 11.1 Å². The van der Waals surface area contributed by atoms with E-state index in [2.05, 4.69) is 73.5 Å². The molecular formula is C31H42N2O. The first-order chi connectivity index (χ1) is 16.1. The zero-order chi connectivity index (χ0) is 24.2. The molecule has 0 saturated carbocycles. The van der Waals surface area contributed by atoms with E-state index in [4.69, 9.17) is 4.98 Å². The van der Waals surface area contributed by atoms with Crippen molar-refractivity contribution in [2.24, 2.45) is 0 Å². The Kier molecular flexibility index (Phi) is 12.4. The van der Waals surface area contributed by atoms with E-state index in [0.717, 1.165) is 47.4 Å². The van der Waals surface area contributed by atoms with Crippen molar-refractivity contribution in [1.29, 1.82) is 0 Å². The van der Waals surface area contributed by atoms with Gasteiger partial charge < -0.3 is 10.1 Å². The van der Waals surface area contributed by atoms with Crippen molar-refractivity contribution < 1.29 is 5.11 Å². The molecule has 2 N–H and O–H groups in total. The Hall–Kier alpha value is -3.33. The molecular weight excluding hydrogens is 416 g/mol. The van der Waals surface area contributed by atoms with Crippen molar-refractivity contribution in [3.8, 4) is 0 Å². The molecule has 1 aromatic heterocycles. The Labute approximate surface area is 207 Å². The molecule has 4 rings (SSSR count). The van der Waals surface area contributed by atoms with Crippen LogP contribution in [-0.2, 0) is 0 Å². The van der Waals surface area contributed by atoms with Gasteiger partial charge in [0.15, 0.2) is 0 Å². The number of aromatic nitrogens is 2. The van der Waals surface area contributed by atoms with Gasteiger partial charge in [-0.25, -0.2) is 4.98 Å². The molecule has 0 spiro atoms. The van der Waals surface area contributed by atoms with E-state index in [9.17, 15) is 5.11 Å². The van der Waals surface area contributed by atoms with Crippen molar-refractivity contribution in [3.63, 3.8) is 0 Å². The van der Waals surface area contributed by atoms with Gasteiger partial charge in [0.2, 0.25) is 0 Å². The summed E-state index contributed by atoms with van der Waals surface area (Å²) < 4.78 is 0. The summed E-state index contributed by atoms with van der Waals surface area (Å²) in [6.45, 7) is 12.2. The van der Waals surface area contributed by atoms with Gasteiger partial charge in [-0.2, -0.15) is 0 Å². The number of allylic oxidation sites excluding steroid dienone is 17. The lowest BCUT2D eigenvalue weighted by Gasteiger charge is -2.04. The summed E-state index contributed by atoms with van der Waals surface area (Å²) in [5.41, 5.74) is 7.33. The van der Waals surface area contributed by atoms with Crippen molar-refractivity contribution in [1.82, 2.24) is 9.97 Å². The summed E-state index contributed by atoms with van der Waals surface area (Å²) in [5, 5.41) is 10.6. The SMILES string of the molecule is C.CC.CC.CC1=CC=CC(c2[nH]c(C3=C(O)C=CCC(C)=C3)nc2C2=CCC=CC=C2)=CC1. The number of nitrogens with zero attached hydrogens (tertiary/aromatic N) is 1. The molecule has 0 aromatic carbocycles. The highest BCUT2D eigenvalue weighted by molar-refractivity contribution is 5.87. The maximum absolute atomic E-state index is 10.6. The average molecular weight is 459 g/mol. The number of rotatable bonds is 3.